The number of carbonyl (C=O) groups excluding carboxylic acids is 1. The van der Waals surface area contributed by atoms with E-state index in [1.165, 1.54) is 12.1 Å². The minimum absolute atomic E-state index is 0.234. The summed E-state index contributed by atoms with van der Waals surface area (Å²) in [6, 6.07) is 8.96. The number of rotatable bonds is 5. The van der Waals surface area contributed by atoms with Crippen LogP contribution in [0.1, 0.15) is 16.8 Å². The van der Waals surface area contributed by atoms with Gasteiger partial charge in [-0.1, -0.05) is 6.07 Å². The van der Waals surface area contributed by atoms with Crippen LogP contribution in [0.5, 0.6) is 5.75 Å². The smallest absolute Gasteiger partial charge is 0.251 e. The highest BCUT2D eigenvalue weighted by atomic mass is 19.1. The number of pyridine rings is 1. The van der Waals surface area contributed by atoms with Gasteiger partial charge in [0.05, 0.1) is 19.3 Å². The molecule has 1 aromatic carbocycles. The van der Waals surface area contributed by atoms with Crippen LogP contribution in [0.4, 0.5) is 10.2 Å². The minimum atomic E-state index is -0.360. The van der Waals surface area contributed by atoms with E-state index in [1.807, 2.05) is 0 Å². The number of nitrogens with one attached hydrogen (secondary N) is 2. The number of anilines is 1. The highest BCUT2D eigenvalue weighted by molar-refractivity contribution is 5.95. The summed E-state index contributed by atoms with van der Waals surface area (Å²) in [4.78, 5) is 16.6. The van der Waals surface area contributed by atoms with Crippen LogP contribution in [0.25, 0.3) is 0 Å². The Balaban J connectivity index is 1.69. The van der Waals surface area contributed by atoms with Crippen LogP contribution < -0.4 is 15.4 Å². The average Bonchev–Trinajstić information content (AvgIpc) is 2.63. The van der Waals surface area contributed by atoms with Crippen molar-refractivity contribution in [3.63, 3.8) is 0 Å². The topological polar surface area (TPSA) is 72.5 Å². The number of hydrogen-bond acceptors (Lipinski definition) is 5. The largest absolute Gasteiger partial charge is 0.488 e. The summed E-state index contributed by atoms with van der Waals surface area (Å²) in [6.45, 7) is 0.876. The van der Waals surface area contributed by atoms with E-state index >= 15 is 0 Å². The third kappa shape index (κ3) is 4.45. The molecule has 0 radical (unpaired) electrons. The van der Waals surface area contributed by atoms with E-state index in [1.54, 1.807) is 37.5 Å². The fourth-order valence-electron chi connectivity index (χ4n) is 2.67. The molecule has 1 saturated heterocycles. The summed E-state index contributed by atoms with van der Waals surface area (Å²) in [5.41, 5.74) is 0.495. The van der Waals surface area contributed by atoms with Crippen molar-refractivity contribution in [3.8, 4) is 5.75 Å². The standard InChI is InChI=1S/C18H20FN3O3/c1-20-17-9-12(5-7-21-17)18(23)22-15-11-24-8-6-16(15)25-14-4-2-3-13(19)10-14/h2-5,7,9-10,15-16H,6,8,11H2,1H3,(H,20,21)(H,22,23)/t15-,16+/m1/s1. The highest BCUT2D eigenvalue weighted by Crippen LogP contribution is 2.19. The molecule has 0 saturated carbocycles. The van der Waals surface area contributed by atoms with E-state index in [4.69, 9.17) is 9.47 Å². The Hall–Kier alpha value is -2.67. The summed E-state index contributed by atoms with van der Waals surface area (Å²) in [5, 5.41) is 5.83. The second-order valence-corrected chi connectivity index (χ2v) is 5.74. The number of halogens is 1. The maximum absolute atomic E-state index is 13.3. The van der Waals surface area contributed by atoms with E-state index in [0.717, 1.165) is 0 Å². The van der Waals surface area contributed by atoms with Gasteiger partial charge in [-0.15, -0.1) is 0 Å². The minimum Gasteiger partial charge on any atom is -0.488 e. The zero-order chi connectivity index (χ0) is 17.6. The lowest BCUT2D eigenvalue weighted by Crippen LogP contribution is -2.51. The lowest BCUT2D eigenvalue weighted by Gasteiger charge is -2.32. The van der Waals surface area contributed by atoms with Crippen LogP contribution in [0, 0.1) is 5.82 Å². The third-order valence-electron chi connectivity index (χ3n) is 3.97. The molecular weight excluding hydrogens is 325 g/mol. The van der Waals surface area contributed by atoms with Gasteiger partial charge in [0.1, 0.15) is 23.5 Å². The molecule has 2 N–H and O–H groups in total. The molecule has 2 heterocycles. The van der Waals surface area contributed by atoms with Gasteiger partial charge in [-0.3, -0.25) is 4.79 Å². The van der Waals surface area contributed by atoms with Crippen LogP contribution in [0.15, 0.2) is 42.6 Å². The maximum atomic E-state index is 13.3. The van der Waals surface area contributed by atoms with Gasteiger partial charge in [0, 0.05) is 31.3 Å². The lowest BCUT2D eigenvalue weighted by atomic mass is 10.1. The molecule has 2 aromatic rings. The average molecular weight is 345 g/mol. The van der Waals surface area contributed by atoms with Crippen LogP contribution in [0.2, 0.25) is 0 Å². The Morgan fingerprint density at radius 2 is 2.24 bits per heavy atom. The molecule has 132 valence electrons. The van der Waals surface area contributed by atoms with Crippen molar-refractivity contribution in [2.24, 2.45) is 0 Å². The molecule has 1 aliphatic rings. The molecule has 25 heavy (non-hydrogen) atoms. The van der Waals surface area contributed by atoms with Gasteiger partial charge in [0.2, 0.25) is 0 Å². The van der Waals surface area contributed by atoms with Crippen LogP contribution in [0.3, 0.4) is 0 Å². The summed E-state index contributed by atoms with van der Waals surface area (Å²) >= 11 is 0. The van der Waals surface area contributed by atoms with Gasteiger partial charge in [0.25, 0.3) is 5.91 Å². The van der Waals surface area contributed by atoms with Crippen molar-refractivity contribution >= 4 is 11.7 Å². The number of amides is 1. The molecule has 0 unspecified atom stereocenters. The van der Waals surface area contributed by atoms with Gasteiger partial charge in [-0.05, 0) is 24.3 Å². The number of aromatic nitrogens is 1. The first-order valence-corrected chi connectivity index (χ1v) is 8.10. The molecule has 6 nitrogen and oxygen atoms in total. The van der Waals surface area contributed by atoms with Crippen LogP contribution >= 0.6 is 0 Å². The normalized spacial score (nSPS) is 19.9. The molecule has 0 bridgehead atoms. The summed E-state index contributed by atoms with van der Waals surface area (Å²) in [6.07, 6.45) is 1.89. The monoisotopic (exact) mass is 345 g/mol. The zero-order valence-corrected chi connectivity index (χ0v) is 13.9. The SMILES string of the molecule is CNc1cc(C(=O)N[C@@H]2COCC[C@@H]2Oc2cccc(F)c2)ccn1. The van der Waals surface area contributed by atoms with Crippen LogP contribution in [-0.4, -0.2) is 43.3 Å². The van der Waals surface area contributed by atoms with Crippen molar-refractivity contribution < 1.29 is 18.7 Å². The van der Waals surface area contributed by atoms with Crippen LogP contribution in [-0.2, 0) is 4.74 Å². The van der Waals surface area contributed by atoms with Gasteiger partial charge in [-0.25, -0.2) is 9.37 Å². The van der Waals surface area contributed by atoms with E-state index in [9.17, 15) is 9.18 Å². The molecule has 7 heteroatoms. The molecule has 1 fully saturated rings. The van der Waals surface area contributed by atoms with Gasteiger partial charge >= 0.3 is 0 Å². The summed E-state index contributed by atoms with van der Waals surface area (Å²) in [7, 11) is 1.74. The zero-order valence-electron chi connectivity index (χ0n) is 13.9. The Labute approximate surface area is 145 Å². The molecular formula is C18H20FN3O3. The fraction of sp³-hybridized carbons (Fsp3) is 0.333. The third-order valence-corrected chi connectivity index (χ3v) is 3.97. The number of benzene rings is 1. The fourth-order valence-corrected chi connectivity index (χ4v) is 2.67. The number of carbonyl (C=O) groups is 1. The maximum Gasteiger partial charge on any atom is 0.251 e. The quantitative estimate of drug-likeness (QED) is 0.869. The predicted octanol–water partition coefficient (Wildman–Crippen LogP) is 2.23. The Morgan fingerprint density at radius 1 is 1.36 bits per heavy atom. The highest BCUT2D eigenvalue weighted by Gasteiger charge is 2.29. The van der Waals surface area contributed by atoms with Crippen molar-refractivity contribution in [2.75, 3.05) is 25.6 Å². The van der Waals surface area contributed by atoms with Crippen molar-refractivity contribution in [1.29, 1.82) is 0 Å². The molecule has 0 aliphatic carbocycles. The molecule has 1 aromatic heterocycles. The number of hydrogen-bond donors (Lipinski definition) is 2. The molecule has 3 rings (SSSR count). The van der Waals surface area contributed by atoms with Gasteiger partial charge in [-0.2, -0.15) is 0 Å². The lowest BCUT2D eigenvalue weighted by molar-refractivity contribution is -0.00297. The van der Waals surface area contributed by atoms with E-state index in [-0.39, 0.29) is 23.9 Å². The summed E-state index contributed by atoms with van der Waals surface area (Å²) < 4.78 is 24.7. The molecule has 1 amide bonds. The van der Waals surface area contributed by atoms with Gasteiger partial charge in [0.15, 0.2) is 0 Å². The van der Waals surface area contributed by atoms with Crippen molar-refractivity contribution in [2.45, 2.75) is 18.6 Å². The Morgan fingerprint density at radius 3 is 3.04 bits per heavy atom. The molecule has 0 spiro atoms. The van der Waals surface area contributed by atoms with E-state index < -0.39 is 0 Å². The van der Waals surface area contributed by atoms with Gasteiger partial charge < -0.3 is 20.1 Å². The Kier molecular flexibility index (Phi) is 5.45. The van der Waals surface area contributed by atoms with E-state index in [2.05, 4.69) is 15.6 Å². The second-order valence-electron chi connectivity index (χ2n) is 5.74. The Bertz CT molecular complexity index is 741. The molecule has 2 atom stereocenters. The first-order chi connectivity index (χ1) is 12.2. The summed E-state index contributed by atoms with van der Waals surface area (Å²) in [5.74, 6) is 0.455. The first kappa shape index (κ1) is 17.2. The molecule has 1 aliphatic heterocycles. The second kappa shape index (κ2) is 7.94. The van der Waals surface area contributed by atoms with E-state index in [0.29, 0.717) is 36.8 Å². The van der Waals surface area contributed by atoms with Crippen molar-refractivity contribution in [3.05, 3.63) is 54.0 Å². The number of nitrogens with zero attached hydrogens (tertiary/aromatic N) is 1. The number of ether oxygens (including phenoxy) is 2. The first-order valence-electron chi connectivity index (χ1n) is 8.10. The van der Waals surface area contributed by atoms with Crippen molar-refractivity contribution in [1.82, 2.24) is 10.3 Å². The predicted molar refractivity (Wildman–Crippen MR) is 91.3 cm³/mol.